The summed E-state index contributed by atoms with van der Waals surface area (Å²) in [6, 6.07) is 0. The number of hydrogen-bond donors (Lipinski definition) is 1. The van der Waals surface area contributed by atoms with E-state index in [1.807, 2.05) is 6.92 Å². The molecule has 1 aliphatic heterocycles. The Morgan fingerprint density at radius 2 is 2.07 bits per heavy atom. The molecule has 1 heterocycles. The summed E-state index contributed by atoms with van der Waals surface area (Å²) in [5, 5.41) is 5.96. The van der Waals surface area contributed by atoms with Crippen molar-refractivity contribution in [2.75, 3.05) is 13.1 Å². The van der Waals surface area contributed by atoms with E-state index in [0.29, 0.717) is 19.5 Å². The van der Waals surface area contributed by atoms with Gasteiger partial charge in [-0.15, -0.1) is 0 Å². The van der Waals surface area contributed by atoms with Crippen LogP contribution in [0.25, 0.3) is 0 Å². The molecule has 0 saturated carbocycles. The zero-order chi connectivity index (χ0) is 11.6. The minimum atomic E-state index is -0.102. The lowest BCUT2D eigenvalue weighted by atomic mass is 9.81. The topological polar surface area (TPSA) is 58.7 Å². The lowest BCUT2D eigenvalue weighted by Crippen LogP contribution is -2.33. The molecule has 1 unspecified atom stereocenters. The van der Waals surface area contributed by atoms with Gasteiger partial charge in [0.15, 0.2) is 0 Å². The van der Waals surface area contributed by atoms with E-state index in [2.05, 4.69) is 25.9 Å². The minimum absolute atomic E-state index is 0.0561. The molecule has 0 bridgehead atoms. The molecule has 4 heteroatoms. The first kappa shape index (κ1) is 12.2. The van der Waals surface area contributed by atoms with Crippen LogP contribution in [0, 0.1) is 11.3 Å². The Hall–Kier alpha value is -0.900. The van der Waals surface area contributed by atoms with Gasteiger partial charge in [-0.2, -0.15) is 5.10 Å². The van der Waals surface area contributed by atoms with Crippen LogP contribution in [-0.4, -0.2) is 29.7 Å². The van der Waals surface area contributed by atoms with E-state index in [9.17, 15) is 4.79 Å². The highest BCUT2D eigenvalue weighted by Crippen LogP contribution is 2.30. The molecule has 0 aromatic rings. The summed E-state index contributed by atoms with van der Waals surface area (Å²) in [5.74, 6) is 0.00262. The van der Waals surface area contributed by atoms with Gasteiger partial charge in [-0.05, 0) is 19.9 Å². The predicted octanol–water partition coefficient (Wildman–Crippen LogP) is 1.22. The maximum atomic E-state index is 11.9. The summed E-state index contributed by atoms with van der Waals surface area (Å²) >= 11 is 0. The first-order valence-corrected chi connectivity index (χ1v) is 5.52. The molecular formula is C11H21N3O. The molecule has 0 aromatic carbocycles. The van der Waals surface area contributed by atoms with Crippen molar-refractivity contribution in [2.45, 2.75) is 34.1 Å². The largest absolute Gasteiger partial charge is 0.330 e. The van der Waals surface area contributed by atoms with Crippen molar-refractivity contribution in [3.63, 3.8) is 0 Å². The van der Waals surface area contributed by atoms with Crippen molar-refractivity contribution in [1.29, 1.82) is 0 Å². The van der Waals surface area contributed by atoms with Crippen LogP contribution in [0.5, 0.6) is 0 Å². The molecule has 0 aromatic heterocycles. The molecule has 0 radical (unpaired) electrons. The summed E-state index contributed by atoms with van der Waals surface area (Å²) in [6.45, 7) is 9.36. The maximum absolute atomic E-state index is 11.9. The van der Waals surface area contributed by atoms with E-state index < -0.39 is 0 Å². The Morgan fingerprint density at radius 1 is 1.47 bits per heavy atom. The molecule has 0 aliphatic carbocycles. The van der Waals surface area contributed by atoms with E-state index in [0.717, 1.165) is 5.71 Å². The Labute approximate surface area is 91.5 Å². The Kier molecular flexibility index (Phi) is 3.50. The lowest BCUT2D eigenvalue weighted by Gasteiger charge is -2.21. The van der Waals surface area contributed by atoms with Gasteiger partial charge in [0, 0.05) is 12.0 Å². The Morgan fingerprint density at radius 3 is 2.47 bits per heavy atom. The van der Waals surface area contributed by atoms with Crippen molar-refractivity contribution in [2.24, 2.45) is 22.2 Å². The van der Waals surface area contributed by atoms with Gasteiger partial charge in [0.2, 0.25) is 0 Å². The molecule has 1 atom stereocenters. The fraction of sp³-hybridized carbons (Fsp3) is 0.818. The average molecular weight is 211 g/mol. The number of rotatable bonds is 3. The van der Waals surface area contributed by atoms with Crippen LogP contribution >= 0.6 is 0 Å². The first-order valence-electron chi connectivity index (χ1n) is 5.52. The standard InChI is InChI=1S/C11H21N3O/c1-5-14-10(15)8(6-7-12)9(13-14)11(2,3)4/h8H,5-7,12H2,1-4H3. The third kappa shape index (κ3) is 2.37. The first-order chi connectivity index (χ1) is 6.91. The third-order valence-corrected chi connectivity index (χ3v) is 2.63. The number of carbonyl (C=O) groups is 1. The van der Waals surface area contributed by atoms with Gasteiger partial charge in [-0.1, -0.05) is 20.8 Å². The monoisotopic (exact) mass is 211 g/mol. The Bertz CT molecular complexity index is 278. The summed E-state index contributed by atoms with van der Waals surface area (Å²) in [6.07, 6.45) is 0.700. The van der Waals surface area contributed by atoms with Gasteiger partial charge in [-0.25, -0.2) is 5.01 Å². The van der Waals surface area contributed by atoms with Crippen molar-refractivity contribution >= 4 is 11.6 Å². The highest BCUT2D eigenvalue weighted by molar-refractivity contribution is 6.10. The zero-order valence-electron chi connectivity index (χ0n) is 10.1. The molecule has 1 rings (SSSR count). The molecular weight excluding hydrogens is 190 g/mol. The number of nitrogens with two attached hydrogens (primary N) is 1. The van der Waals surface area contributed by atoms with E-state index >= 15 is 0 Å². The van der Waals surface area contributed by atoms with Crippen molar-refractivity contribution in [3.8, 4) is 0 Å². The molecule has 4 nitrogen and oxygen atoms in total. The van der Waals surface area contributed by atoms with Crippen LogP contribution < -0.4 is 5.73 Å². The predicted molar refractivity (Wildman–Crippen MR) is 61.4 cm³/mol. The van der Waals surface area contributed by atoms with E-state index in [1.165, 1.54) is 0 Å². The fourth-order valence-electron chi connectivity index (χ4n) is 1.87. The van der Waals surface area contributed by atoms with Gasteiger partial charge in [0.25, 0.3) is 5.91 Å². The summed E-state index contributed by atoms with van der Waals surface area (Å²) < 4.78 is 0. The number of nitrogens with zero attached hydrogens (tertiary/aromatic N) is 2. The van der Waals surface area contributed by atoms with Crippen molar-refractivity contribution in [3.05, 3.63) is 0 Å². The normalized spacial score (nSPS) is 22.2. The van der Waals surface area contributed by atoms with Gasteiger partial charge in [-0.3, -0.25) is 4.79 Å². The second-order valence-corrected chi connectivity index (χ2v) is 4.92. The highest BCUT2D eigenvalue weighted by atomic mass is 16.2. The summed E-state index contributed by atoms with van der Waals surface area (Å²) in [5.41, 5.74) is 6.45. The highest BCUT2D eigenvalue weighted by Gasteiger charge is 2.39. The van der Waals surface area contributed by atoms with Crippen molar-refractivity contribution in [1.82, 2.24) is 5.01 Å². The van der Waals surface area contributed by atoms with Gasteiger partial charge in [0.1, 0.15) is 0 Å². The molecule has 0 saturated heterocycles. The van der Waals surface area contributed by atoms with Crippen LogP contribution in [0.3, 0.4) is 0 Å². The summed E-state index contributed by atoms with van der Waals surface area (Å²) in [4.78, 5) is 11.9. The van der Waals surface area contributed by atoms with Gasteiger partial charge >= 0.3 is 0 Å². The average Bonchev–Trinajstić information content (AvgIpc) is 2.44. The minimum Gasteiger partial charge on any atom is -0.330 e. The number of hydrazone groups is 1. The molecule has 15 heavy (non-hydrogen) atoms. The van der Waals surface area contributed by atoms with E-state index in [1.54, 1.807) is 5.01 Å². The van der Waals surface area contributed by atoms with Crippen LogP contribution in [0.4, 0.5) is 0 Å². The van der Waals surface area contributed by atoms with Crippen LogP contribution in [-0.2, 0) is 4.79 Å². The maximum Gasteiger partial charge on any atom is 0.251 e. The van der Waals surface area contributed by atoms with Gasteiger partial charge in [0.05, 0.1) is 11.6 Å². The second-order valence-electron chi connectivity index (χ2n) is 4.92. The quantitative estimate of drug-likeness (QED) is 0.763. The van der Waals surface area contributed by atoms with E-state index in [4.69, 9.17) is 5.73 Å². The SMILES string of the molecule is CCN1N=C(C(C)(C)C)C(CCN)C1=O. The van der Waals surface area contributed by atoms with Crippen LogP contribution in [0.1, 0.15) is 34.1 Å². The Balaban J connectivity index is 2.95. The summed E-state index contributed by atoms with van der Waals surface area (Å²) in [7, 11) is 0. The molecule has 2 N–H and O–H groups in total. The number of hydrogen-bond acceptors (Lipinski definition) is 3. The third-order valence-electron chi connectivity index (χ3n) is 2.63. The number of carbonyl (C=O) groups excluding carboxylic acids is 1. The van der Waals surface area contributed by atoms with Crippen LogP contribution in [0.2, 0.25) is 0 Å². The van der Waals surface area contributed by atoms with Gasteiger partial charge < -0.3 is 5.73 Å². The molecule has 0 fully saturated rings. The van der Waals surface area contributed by atoms with Crippen molar-refractivity contribution < 1.29 is 4.79 Å². The smallest absolute Gasteiger partial charge is 0.251 e. The fourth-order valence-corrected chi connectivity index (χ4v) is 1.87. The molecule has 0 spiro atoms. The van der Waals surface area contributed by atoms with Crippen LogP contribution in [0.15, 0.2) is 5.10 Å². The molecule has 86 valence electrons. The zero-order valence-corrected chi connectivity index (χ0v) is 10.1. The molecule has 1 amide bonds. The lowest BCUT2D eigenvalue weighted by molar-refractivity contribution is -0.131. The second kappa shape index (κ2) is 4.31. The number of amides is 1. The molecule has 1 aliphatic rings. The van der Waals surface area contributed by atoms with E-state index in [-0.39, 0.29) is 17.2 Å².